The highest BCUT2D eigenvalue weighted by molar-refractivity contribution is 8.00. The number of thioether (sulfide) groups is 1. The van der Waals surface area contributed by atoms with Crippen molar-refractivity contribution in [3.8, 4) is 10.6 Å². The van der Waals surface area contributed by atoms with E-state index in [4.69, 9.17) is 0 Å². The van der Waals surface area contributed by atoms with Crippen molar-refractivity contribution < 1.29 is 4.79 Å². The number of amides is 1. The van der Waals surface area contributed by atoms with E-state index in [1.807, 2.05) is 29.6 Å². The number of thiazole rings is 1. The number of hydrogen-bond donors (Lipinski definition) is 1. The molecular formula is C19H16N4OS3. The first-order valence-electron chi connectivity index (χ1n) is 8.25. The highest BCUT2D eigenvalue weighted by atomic mass is 32.2. The van der Waals surface area contributed by atoms with Crippen LogP contribution < -0.4 is 5.32 Å². The van der Waals surface area contributed by atoms with Crippen molar-refractivity contribution in [1.82, 2.24) is 15.0 Å². The molecule has 1 amide bonds. The second-order valence-corrected chi connectivity index (χ2v) is 8.96. The summed E-state index contributed by atoms with van der Waals surface area (Å²) >= 11 is 4.67. The van der Waals surface area contributed by atoms with Crippen LogP contribution >= 0.6 is 34.4 Å². The Kier molecular flexibility index (Phi) is 5.20. The Bertz CT molecular complexity index is 1110. The van der Waals surface area contributed by atoms with Crippen LogP contribution in [0.1, 0.15) is 10.4 Å². The van der Waals surface area contributed by atoms with E-state index >= 15 is 0 Å². The second kappa shape index (κ2) is 7.75. The molecule has 8 heteroatoms. The van der Waals surface area contributed by atoms with E-state index in [1.54, 1.807) is 35.2 Å². The van der Waals surface area contributed by atoms with E-state index in [9.17, 15) is 4.79 Å². The van der Waals surface area contributed by atoms with Crippen molar-refractivity contribution in [2.45, 2.75) is 18.9 Å². The van der Waals surface area contributed by atoms with Crippen molar-refractivity contribution in [3.63, 3.8) is 0 Å². The lowest BCUT2D eigenvalue weighted by atomic mass is 10.2. The minimum atomic E-state index is -0.0624. The van der Waals surface area contributed by atoms with Crippen LogP contribution in [0.3, 0.4) is 0 Å². The van der Waals surface area contributed by atoms with Gasteiger partial charge in [0.15, 0.2) is 0 Å². The van der Waals surface area contributed by atoms with E-state index in [-0.39, 0.29) is 5.91 Å². The zero-order valence-corrected chi connectivity index (χ0v) is 17.2. The first kappa shape index (κ1) is 18.1. The number of rotatable bonds is 5. The van der Waals surface area contributed by atoms with Crippen LogP contribution in [0.15, 0.2) is 47.2 Å². The zero-order chi connectivity index (χ0) is 18.8. The lowest BCUT2D eigenvalue weighted by molar-refractivity contribution is -0.113. The summed E-state index contributed by atoms with van der Waals surface area (Å²) in [6, 6.07) is 7.74. The standard InChI is InChI=1S/C19H16N4OS3/c1-11-12(2)27-19-16(11)18(21-10-22-19)26-9-15(24)23-14-5-3-4-13(8-14)17-20-6-7-25-17/h3-8,10H,9H2,1-2H3,(H,23,24). The SMILES string of the molecule is Cc1sc2ncnc(SCC(=O)Nc3cccc(-c4nccs4)c3)c2c1C. The summed E-state index contributed by atoms with van der Waals surface area (Å²) in [5.41, 5.74) is 2.95. The number of nitrogens with one attached hydrogen (secondary N) is 1. The molecule has 0 aliphatic rings. The molecule has 0 spiro atoms. The maximum atomic E-state index is 12.4. The predicted molar refractivity (Wildman–Crippen MR) is 114 cm³/mol. The number of aromatic nitrogens is 3. The number of carbonyl (C=O) groups excluding carboxylic acids is 1. The predicted octanol–water partition coefficient (Wildman–Crippen LogP) is 5.16. The van der Waals surface area contributed by atoms with E-state index in [0.717, 1.165) is 31.5 Å². The first-order chi connectivity index (χ1) is 13.1. The summed E-state index contributed by atoms with van der Waals surface area (Å²) in [7, 11) is 0. The molecule has 0 saturated heterocycles. The Hall–Kier alpha value is -2.29. The molecule has 0 fully saturated rings. The molecule has 5 nitrogen and oxygen atoms in total. The Morgan fingerprint density at radius 2 is 2.11 bits per heavy atom. The lowest BCUT2D eigenvalue weighted by Gasteiger charge is -2.07. The molecule has 0 radical (unpaired) electrons. The molecule has 0 saturated carbocycles. The lowest BCUT2D eigenvalue weighted by Crippen LogP contribution is -2.14. The highest BCUT2D eigenvalue weighted by Crippen LogP contribution is 2.34. The van der Waals surface area contributed by atoms with Gasteiger partial charge in [-0.3, -0.25) is 4.79 Å². The molecule has 0 bridgehead atoms. The highest BCUT2D eigenvalue weighted by Gasteiger charge is 2.14. The average Bonchev–Trinajstić information content (AvgIpc) is 3.30. The van der Waals surface area contributed by atoms with Crippen LogP contribution in [0.4, 0.5) is 5.69 Å². The molecule has 1 aromatic carbocycles. The van der Waals surface area contributed by atoms with Gasteiger partial charge in [0.1, 0.15) is 21.2 Å². The first-order valence-corrected chi connectivity index (χ1v) is 10.9. The van der Waals surface area contributed by atoms with E-state index in [1.165, 1.54) is 22.2 Å². The van der Waals surface area contributed by atoms with Crippen molar-refractivity contribution in [1.29, 1.82) is 0 Å². The van der Waals surface area contributed by atoms with Crippen molar-refractivity contribution >= 4 is 56.2 Å². The van der Waals surface area contributed by atoms with Gasteiger partial charge in [-0.15, -0.1) is 22.7 Å². The van der Waals surface area contributed by atoms with Gasteiger partial charge in [0, 0.05) is 33.1 Å². The third-order valence-electron chi connectivity index (χ3n) is 4.10. The Morgan fingerprint density at radius 1 is 1.22 bits per heavy atom. The van der Waals surface area contributed by atoms with Crippen LogP contribution in [0.5, 0.6) is 0 Å². The van der Waals surface area contributed by atoms with Crippen molar-refractivity contribution in [2.24, 2.45) is 0 Å². The Balaban J connectivity index is 1.46. The third-order valence-corrected chi connectivity index (χ3v) is 7.02. The van der Waals surface area contributed by atoms with Gasteiger partial charge >= 0.3 is 0 Å². The summed E-state index contributed by atoms with van der Waals surface area (Å²) in [5.74, 6) is 0.231. The average molecular weight is 413 g/mol. The number of aryl methyl sites for hydroxylation is 2. The van der Waals surface area contributed by atoms with Crippen molar-refractivity contribution in [3.05, 3.63) is 52.6 Å². The van der Waals surface area contributed by atoms with Crippen molar-refractivity contribution in [2.75, 3.05) is 11.1 Å². The summed E-state index contributed by atoms with van der Waals surface area (Å²) in [6.45, 7) is 4.16. The van der Waals surface area contributed by atoms with Gasteiger partial charge in [0.25, 0.3) is 0 Å². The molecule has 0 aliphatic carbocycles. The van der Waals surface area contributed by atoms with Crippen LogP contribution in [0.25, 0.3) is 20.8 Å². The fourth-order valence-corrected chi connectivity index (χ4v) is 5.24. The number of benzene rings is 1. The molecule has 4 aromatic rings. The number of anilines is 1. The monoisotopic (exact) mass is 412 g/mol. The number of nitrogens with zero attached hydrogens (tertiary/aromatic N) is 3. The molecule has 27 heavy (non-hydrogen) atoms. The van der Waals surface area contributed by atoms with E-state index in [2.05, 4.69) is 34.1 Å². The smallest absolute Gasteiger partial charge is 0.234 e. The molecule has 4 rings (SSSR count). The van der Waals surface area contributed by atoms with E-state index in [0.29, 0.717) is 5.75 Å². The van der Waals surface area contributed by atoms with Gasteiger partial charge in [-0.25, -0.2) is 15.0 Å². The van der Waals surface area contributed by atoms with Crippen LogP contribution in [0.2, 0.25) is 0 Å². The zero-order valence-electron chi connectivity index (χ0n) is 14.7. The molecular weight excluding hydrogens is 396 g/mol. The topological polar surface area (TPSA) is 67.8 Å². The van der Waals surface area contributed by atoms with Gasteiger partial charge in [0.05, 0.1) is 5.75 Å². The van der Waals surface area contributed by atoms with Gasteiger partial charge in [0.2, 0.25) is 5.91 Å². The minimum Gasteiger partial charge on any atom is -0.325 e. The minimum absolute atomic E-state index is 0.0624. The summed E-state index contributed by atoms with van der Waals surface area (Å²) in [5, 5.41) is 7.75. The Morgan fingerprint density at radius 3 is 2.93 bits per heavy atom. The van der Waals surface area contributed by atoms with Crippen LogP contribution in [-0.2, 0) is 4.79 Å². The summed E-state index contributed by atoms with van der Waals surface area (Å²) < 4.78 is 0. The molecule has 0 aliphatic heterocycles. The van der Waals surface area contributed by atoms with Gasteiger partial charge in [-0.2, -0.15) is 0 Å². The molecule has 0 atom stereocenters. The van der Waals surface area contributed by atoms with Gasteiger partial charge in [-0.05, 0) is 31.5 Å². The largest absolute Gasteiger partial charge is 0.325 e. The third kappa shape index (κ3) is 3.87. The Labute approximate surface area is 168 Å². The number of hydrogen-bond acceptors (Lipinski definition) is 7. The van der Waals surface area contributed by atoms with E-state index < -0.39 is 0 Å². The quantitative estimate of drug-likeness (QED) is 0.362. The normalized spacial score (nSPS) is 11.0. The maximum absolute atomic E-state index is 12.4. The van der Waals surface area contributed by atoms with Gasteiger partial charge < -0.3 is 5.32 Å². The fourth-order valence-electron chi connectivity index (χ4n) is 2.69. The summed E-state index contributed by atoms with van der Waals surface area (Å²) in [6.07, 6.45) is 3.34. The second-order valence-electron chi connectivity index (χ2n) is 5.90. The van der Waals surface area contributed by atoms with Crippen LogP contribution in [0, 0.1) is 13.8 Å². The number of thiophene rings is 1. The number of carbonyl (C=O) groups is 1. The molecule has 136 valence electrons. The maximum Gasteiger partial charge on any atom is 0.234 e. The van der Waals surface area contributed by atoms with Gasteiger partial charge in [-0.1, -0.05) is 23.9 Å². The molecule has 1 N–H and O–H groups in total. The van der Waals surface area contributed by atoms with Crippen LogP contribution in [-0.4, -0.2) is 26.6 Å². The molecule has 3 heterocycles. The molecule has 0 unspecified atom stereocenters. The molecule has 3 aromatic heterocycles. The summed E-state index contributed by atoms with van der Waals surface area (Å²) in [4.78, 5) is 27.7. The number of fused-ring (bicyclic) bond motifs is 1. The fraction of sp³-hybridized carbons (Fsp3) is 0.158.